The minimum absolute atomic E-state index is 0.00246. The molecule has 5 heteroatoms. The van der Waals surface area contributed by atoms with Crippen LogP contribution >= 0.6 is 0 Å². The molecule has 5 nitrogen and oxygen atoms in total. The Hall–Kier alpha value is -1.36. The number of aryl methyl sites for hydroxylation is 1. The molecule has 0 fully saturated rings. The molecule has 1 N–H and O–H groups in total. The summed E-state index contributed by atoms with van der Waals surface area (Å²) in [6.45, 7) is 3.75. The highest BCUT2D eigenvalue weighted by molar-refractivity contribution is 5.73. The first-order valence-electron chi connectivity index (χ1n) is 5.21. The van der Waals surface area contributed by atoms with Crippen LogP contribution in [0.25, 0.3) is 0 Å². The first kappa shape index (κ1) is 12.7. The van der Waals surface area contributed by atoms with E-state index in [0.717, 1.165) is 0 Å². The number of ether oxygens (including phenoxy) is 1. The molecule has 0 bridgehead atoms. The number of rotatable bonds is 4. The van der Waals surface area contributed by atoms with Crippen LogP contribution in [0.1, 0.15) is 25.5 Å². The second kappa shape index (κ2) is 5.12. The highest BCUT2D eigenvalue weighted by Crippen LogP contribution is 2.28. The minimum atomic E-state index is -0.874. The van der Waals surface area contributed by atoms with Crippen LogP contribution in [-0.2, 0) is 16.6 Å². The first-order chi connectivity index (χ1) is 7.47. The van der Waals surface area contributed by atoms with E-state index in [1.54, 1.807) is 24.1 Å². The van der Waals surface area contributed by atoms with Gasteiger partial charge in [-0.05, 0) is 5.92 Å². The van der Waals surface area contributed by atoms with Gasteiger partial charge in [0, 0.05) is 18.8 Å². The van der Waals surface area contributed by atoms with Crippen LogP contribution in [-0.4, -0.2) is 28.0 Å². The summed E-state index contributed by atoms with van der Waals surface area (Å²) in [5, 5.41) is 14.1. The second-order valence-electron chi connectivity index (χ2n) is 4.19. The molecule has 0 spiro atoms. The summed E-state index contributed by atoms with van der Waals surface area (Å²) < 4.78 is 6.29. The summed E-state index contributed by atoms with van der Waals surface area (Å²) in [7, 11) is 3.09. The molecule has 0 aliphatic rings. The van der Waals surface area contributed by atoms with E-state index < -0.39 is 18.0 Å². The van der Waals surface area contributed by atoms with Gasteiger partial charge in [0.1, 0.15) is 0 Å². The minimum Gasteiger partial charge on any atom is -0.469 e. The molecular weight excluding hydrogens is 208 g/mol. The van der Waals surface area contributed by atoms with E-state index in [4.69, 9.17) is 4.74 Å². The molecule has 90 valence electrons. The van der Waals surface area contributed by atoms with Crippen molar-refractivity contribution in [2.75, 3.05) is 7.11 Å². The number of hydrogen-bond donors (Lipinski definition) is 1. The Morgan fingerprint density at radius 3 is 2.56 bits per heavy atom. The smallest absolute Gasteiger partial charge is 0.311 e. The molecule has 1 rings (SSSR count). The molecule has 2 unspecified atom stereocenters. The Morgan fingerprint density at radius 2 is 2.19 bits per heavy atom. The number of carbonyl (C=O) groups is 1. The van der Waals surface area contributed by atoms with Gasteiger partial charge in [-0.15, -0.1) is 0 Å². The van der Waals surface area contributed by atoms with Crippen molar-refractivity contribution in [3.8, 4) is 0 Å². The van der Waals surface area contributed by atoms with Crippen molar-refractivity contribution in [2.24, 2.45) is 18.9 Å². The maximum absolute atomic E-state index is 11.6. The van der Waals surface area contributed by atoms with Crippen LogP contribution in [0.2, 0.25) is 0 Å². The topological polar surface area (TPSA) is 64.3 Å². The van der Waals surface area contributed by atoms with Gasteiger partial charge in [0.25, 0.3) is 0 Å². The predicted octanol–water partition coefficient (Wildman–Crippen LogP) is 0.899. The van der Waals surface area contributed by atoms with Crippen LogP contribution in [0.3, 0.4) is 0 Å². The largest absolute Gasteiger partial charge is 0.469 e. The van der Waals surface area contributed by atoms with Gasteiger partial charge in [-0.3, -0.25) is 9.48 Å². The third-order valence-corrected chi connectivity index (χ3v) is 2.60. The van der Waals surface area contributed by atoms with E-state index in [-0.39, 0.29) is 5.92 Å². The lowest BCUT2D eigenvalue weighted by molar-refractivity contribution is -0.152. The number of esters is 1. The highest BCUT2D eigenvalue weighted by atomic mass is 16.5. The van der Waals surface area contributed by atoms with Crippen molar-refractivity contribution in [1.82, 2.24) is 9.78 Å². The Kier molecular flexibility index (Phi) is 4.06. The molecular formula is C11H18N2O3. The first-order valence-corrected chi connectivity index (χ1v) is 5.21. The molecule has 0 aromatic carbocycles. The van der Waals surface area contributed by atoms with Gasteiger partial charge in [0.15, 0.2) is 0 Å². The maximum Gasteiger partial charge on any atom is 0.311 e. The Morgan fingerprint density at radius 1 is 1.56 bits per heavy atom. The standard InChI is InChI=1S/C11H18N2O3/c1-7(2)9(11(15)16-4)10(14)8-5-12-13(3)6-8/h5-7,9-10,14H,1-4H3. The summed E-state index contributed by atoms with van der Waals surface area (Å²) in [5.74, 6) is -0.955. The normalized spacial score (nSPS) is 14.9. The van der Waals surface area contributed by atoms with Crippen molar-refractivity contribution < 1.29 is 14.6 Å². The van der Waals surface area contributed by atoms with Crippen LogP contribution in [0.5, 0.6) is 0 Å². The highest BCUT2D eigenvalue weighted by Gasteiger charge is 2.32. The molecule has 0 aliphatic carbocycles. The van der Waals surface area contributed by atoms with Crippen LogP contribution in [0, 0.1) is 11.8 Å². The maximum atomic E-state index is 11.6. The zero-order valence-corrected chi connectivity index (χ0v) is 10.0. The van der Waals surface area contributed by atoms with Gasteiger partial charge in [-0.1, -0.05) is 13.8 Å². The monoisotopic (exact) mass is 226 g/mol. The van der Waals surface area contributed by atoms with E-state index in [1.165, 1.54) is 7.11 Å². The number of methoxy groups -OCH3 is 1. The van der Waals surface area contributed by atoms with Crippen LogP contribution in [0.4, 0.5) is 0 Å². The third kappa shape index (κ3) is 2.61. The second-order valence-corrected chi connectivity index (χ2v) is 4.19. The quantitative estimate of drug-likeness (QED) is 0.775. The number of carbonyl (C=O) groups excluding carboxylic acids is 1. The van der Waals surface area contributed by atoms with Crippen molar-refractivity contribution in [3.63, 3.8) is 0 Å². The fraction of sp³-hybridized carbons (Fsp3) is 0.636. The number of aliphatic hydroxyl groups excluding tert-OH is 1. The van der Waals surface area contributed by atoms with Crippen molar-refractivity contribution in [1.29, 1.82) is 0 Å². The summed E-state index contributed by atoms with van der Waals surface area (Å²) in [4.78, 5) is 11.6. The molecule has 0 aliphatic heterocycles. The third-order valence-electron chi connectivity index (χ3n) is 2.60. The molecule has 16 heavy (non-hydrogen) atoms. The van der Waals surface area contributed by atoms with Gasteiger partial charge in [-0.2, -0.15) is 5.10 Å². The fourth-order valence-corrected chi connectivity index (χ4v) is 1.70. The Labute approximate surface area is 95.0 Å². The van der Waals surface area contributed by atoms with Gasteiger partial charge >= 0.3 is 5.97 Å². The van der Waals surface area contributed by atoms with Gasteiger partial charge < -0.3 is 9.84 Å². The zero-order chi connectivity index (χ0) is 12.3. The number of aliphatic hydroxyl groups is 1. The average Bonchev–Trinajstić information content (AvgIpc) is 2.64. The SMILES string of the molecule is COC(=O)C(C(C)C)C(O)c1cnn(C)c1. The van der Waals surface area contributed by atoms with Crippen molar-refractivity contribution in [3.05, 3.63) is 18.0 Å². The fourth-order valence-electron chi connectivity index (χ4n) is 1.70. The molecule has 0 radical (unpaired) electrons. The zero-order valence-electron chi connectivity index (χ0n) is 10.0. The molecule has 0 amide bonds. The molecule has 1 heterocycles. The lowest BCUT2D eigenvalue weighted by Gasteiger charge is -2.22. The summed E-state index contributed by atoms with van der Waals surface area (Å²) in [6.07, 6.45) is 2.38. The van der Waals surface area contributed by atoms with E-state index in [0.29, 0.717) is 5.56 Å². The molecule has 0 saturated carbocycles. The Bertz CT molecular complexity index is 360. The van der Waals surface area contributed by atoms with E-state index in [9.17, 15) is 9.90 Å². The van der Waals surface area contributed by atoms with Gasteiger partial charge in [0.2, 0.25) is 0 Å². The van der Waals surface area contributed by atoms with Crippen molar-refractivity contribution in [2.45, 2.75) is 20.0 Å². The van der Waals surface area contributed by atoms with Gasteiger partial charge in [0.05, 0.1) is 25.3 Å². The van der Waals surface area contributed by atoms with E-state index in [1.807, 2.05) is 13.8 Å². The number of nitrogens with zero attached hydrogens (tertiary/aromatic N) is 2. The lowest BCUT2D eigenvalue weighted by Crippen LogP contribution is -2.28. The summed E-state index contributed by atoms with van der Waals surface area (Å²) >= 11 is 0. The summed E-state index contributed by atoms with van der Waals surface area (Å²) in [6, 6.07) is 0. The lowest BCUT2D eigenvalue weighted by atomic mass is 9.87. The summed E-state index contributed by atoms with van der Waals surface area (Å²) in [5.41, 5.74) is 0.631. The van der Waals surface area contributed by atoms with Gasteiger partial charge in [-0.25, -0.2) is 0 Å². The van der Waals surface area contributed by atoms with Crippen LogP contribution < -0.4 is 0 Å². The molecule has 2 atom stereocenters. The average molecular weight is 226 g/mol. The van der Waals surface area contributed by atoms with E-state index in [2.05, 4.69) is 5.10 Å². The van der Waals surface area contributed by atoms with Crippen molar-refractivity contribution >= 4 is 5.97 Å². The predicted molar refractivity (Wildman–Crippen MR) is 58.5 cm³/mol. The van der Waals surface area contributed by atoms with Crippen LogP contribution in [0.15, 0.2) is 12.4 Å². The number of hydrogen-bond acceptors (Lipinski definition) is 4. The molecule has 1 aromatic heterocycles. The molecule has 1 aromatic rings. The Balaban J connectivity index is 2.91. The number of aromatic nitrogens is 2. The molecule has 0 saturated heterocycles. The van der Waals surface area contributed by atoms with E-state index >= 15 is 0 Å².